The van der Waals surface area contributed by atoms with Crippen LogP contribution in [0.4, 0.5) is 20.2 Å². The molecule has 1 unspecified atom stereocenters. The molecule has 192 valence electrons. The van der Waals surface area contributed by atoms with Gasteiger partial charge in [-0.2, -0.15) is 13.5 Å². The molecule has 9 nitrogen and oxygen atoms in total. The number of fused-ring (bicyclic) bond motifs is 1. The first kappa shape index (κ1) is 25.2. The summed E-state index contributed by atoms with van der Waals surface area (Å²) in [6.07, 6.45) is 3.45. The van der Waals surface area contributed by atoms with E-state index < -0.39 is 45.1 Å². The van der Waals surface area contributed by atoms with E-state index in [-0.39, 0.29) is 16.8 Å². The van der Waals surface area contributed by atoms with Gasteiger partial charge in [-0.25, -0.2) is 18.4 Å². The van der Waals surface area contributed by atoms with Crippen LogP contribution in [-0.2, 0) is 14.9 Å². The second kappa shape index (κ2) is 10.1. The minimum absolute atomic E-state index is 0.230. The largest absolute Gasteiger partial charge is 0.356 e. The Labute approximate surface area is 219 Å². The maximum Gasteiger partial charge on any atom is 0.321 e. The number of aromatic nitrogens is 3. The summed E-state index contributed by atoms with van der Waals surface area (Å²) < 4.78 is 67.4. The van der Waals surface area contributed by atoms with Gasteiger partial charge in [0, 0.05) is 17.3 Å². The van der Waals surface area contributed by atoms with E-state index in [1.54, 1.807) is 24.3 Å². The third-order valence-corrected chi connectivity index (χ3v) is 7.17. The fourth-order valence-corrected chi connectivity index (χ4v) is 5.35. The predicted molar refractivity (Wildman–Crippen MR) is 136 cm³/mol. The summed E-state index contributed by atoms with van der Waals surface area (Å²) in [6, 6.07) is 11.2. The highest BCUT2D eigenvalue weighted by molar-refractivity contribution is 9.10. The minimum atomic E-state index is -4.31. The van der Waals surface area contributed by atoms with Crippen LogP contribution in [0.3, 0.4) is 0 Å². The van der Waals surface area contributed by atoms with E-state index in [4.69, 9.17) is 4.74 Å². The molecule has 1 fully saturated rings. The van der Waals surface area contributed by atoms with E-state index in [9.17, 15) is 17.6 Å². The number of nitrogens with one attached hydrogen (secondary N) is 2. The van der Waals surface area contributed by atoms with Gasteiger partial charge in [-0.05, 0) is 65.5 Å². The zero-order chi connectivity index (χ0) is 26.2. The van der Waals surface area contributed by atoms with Crippen LogP contribution < -0.4 is 9.44 Å². The summed E-state index contributed by atoms with van der Waals surface area (Å²) in [5.41, 5.74) is -1.24. The van der Waals surface area contributed by atoms with Crippen molar-refractivity contribution in [1.29, 1.82) is 0 Å². The van der Waals surface area contributed by atoms with Gasteiger partial charge in [0.25, 0.3) is 0 Å². The van der Waals surface area contributed by atoms with E-state index in [0.29, 0.717) is 23.1 Å². The third kappa shape index (κ3) is 5.20. The Morgan fingerprint density at radius 1 is 1.11 bits per heavy atom. The topological polar surface area (TPSA) is 115 Å². The van der Waals surface area contributed by atoms with Gasteiger partial charge in [-0.3, -0.25) is 14.2 Å². The summed E-state index contributed by atoms with van der Waals surface area (Å²) in [6.45, 7) is 0.508. The van der Waals surface area contributed by atoms with Crippen molar-refractivity contribution >= 4 is 54.3 Å². The van der Waals surface area contributed by atoms with Crippen molar-refractivity contribution < 1.29 is 26.7 Å². The van der Waals surface area contributed by atoms with Crippen molar-refractivity contribution in [2.45, 2.75) is 25.5 Å². The van der Waals surface area contributed by atoms with Crippen molar-refractivity contribution in [2.75, 3.05) is 16.1 Å². The highest BCUT2D eigenvalue weighted by Gasteiger charge is 2.30. The van der Waals surface area contributed by atoms with Gasteiger partial charge in [0.1, 0.15) is 11.5 Å². The molecule has 4 aromatic rings. The number of nitrogens with zero attached hydrogens (tertiary/aromatic N) is 3. The quantitative estimate of drug-likeness (QED) is 0.286. The van der Waals surface area contributed by atoms with E-state index in [1.165, 1.54) is 23.0 Å². The Morgan fingerprint density at radius 3 is 2.62 bits per heavy atom. The van der Waals surface area contributed by atoms with Crippen LogP contribution in [0.15, 0.2) is 59.2 Å². The van der Waals surface area contributed by atoms with Crippen molar-refractivity contribution in [1.82, 2.24) is 14.8 Å². The minimum Gasteiger partial charge on any atom is -0.356 e. The van der Waals surface area contributed by atoms with Crippen LogP contribution in [-0.4, -0.2) is 35.6 Å². The molecule has 3 heterocycles. The summed E-state index contributed by atoms with van der Waals surface area (Å²) >= 11 is 3.30. The van der Waals surface area contributed by atoms with Crippen molar-refractivity contribution in [3.63, 3.8) is 0 Å². The maximum atomic E-state index is 15.5. The number of anilines is 2. The van der Waals surface area contributed by atoms with Crippen LogP contribution in [0, 0.1) is 11.6 Å². The molecular formula is C24H20BrF2N5O4S. The lowest BCUT2D eigenvalue weighted by Gasteiger charge is -2.22. The van der Waals surface area contributed by atoms with E-state index in [0.717, 1.165) is 25.0 Å². The number of hydrogen-bond acceptors (Lipinski definition) is 6. The third-order valence-electron chi connectivity index (χ3n) is 5.75. The monoisotopic (exact) mass is 591 g/mol. The van der Waals surface area contributed by atoms with E-state index in [2.05, 4.69) is 30.7 Å². The first-order valence-corrected chi connectivity index (χ1v) is 13.5. The highest BCUT2D eigenvalue weighted by atomic mass is 79.9. The molecule has 13 heteroatoms. The SMILES string of the molecule is O=C(c1c(F)ccc(NS(=O)(=O)Nc2ccccc2)c1F)c1nn(C2CCCCO2)c2ncc(Br)cc12. The molecule has 1 atom stereocenters. The van der Waals surface area contributed by atoms with Crippen molar-refractivity contribution in [2.24, 2.45) is 0 Å². The zero-order valence-corrected chi connectivity index (χ0v) is 21.5. The number of hydrogen-bond donors (Lipinski definition) is 2. The average molecular weight is 592 g/mol. The number of carbonyl (C=O) groups excluding carboxylic acids is 1. The van der Waals surface area contributed by atoms with Crippen molar-refractivity contribution in [3.8, 4) is 0 Å². The average Bonchev–Trinajstić information content (AvgIpc) is 3.25. The number of para-hydroxylation sites is 1. The summed E-state index contributed by atoms with van der Waals surface area (Å²) in [5.74, 6) is -3.60. The van der Waals surface area contributed by atoms with Gasteiger partial charge >= 0.3 is 10.2 Å². The number of halogens is 3. The smallest absolute Gasteiger partial charge is 0.321 e. The Hall–Kier alpha value is -3.42. The maximum absolute atomic E-state index is 15.5. The van der Waals surface area contributed by atoms with Gasteiger partial charge in [0.05, 0.1) is 22.3 Å². The molecule has 2 N–H and O–H groups in total. The van der Waals surface area contributed by atoms with Crippen LogP contribution >= 0.6 is 15.9 Å². The molecule has 0 aliphatic carbocycles. The molecule has 1 saturated heterocycles. The normalized spacial score (nSPS) is 16.0. The van der Waals surface area contributed by atoms with Gasteiger partial charge in [-0.15, -0.1) is 0 Å². The second-order valence-electron chi connectivity index (χ2n) is 8.33. The number of benzene rings is 2. The molecule has 2 aromatic heterocycles. The molecule has 5 rings (SSSR count). The Balaban J connectivity index is 1.53. The Kier molecular flexibility index (Phi) is 6.92. The first-order valence-electron chi connectivity index (χ1n) is 11.3. The molecule has 0 spiro atoms. The Bertz CT molecular complexity index is 1590. The van der Waals surface area contributed by atoms with Crippen LogP contribution in [0.5, 0.6) is 0 Å². The number of rotatable bonds is 7. The van der Waals surface area contributed by atoms with E-state index >= 15 is 4.39 Å². The predicted octanol–water partition coefficient (Wildman–Crippen LogP) is 5.17. The Morgan fingerprint density at radius 2 is 1.89 bits per heavy atom. The first-order chi connectivity index (χ1) is 17.7. The lowest BCUT2D eigenvalue weighted by Crippen LogP contribution is -2.23. The standard InChI is InChI=1S/C24H20BrF2N5O4S/c25-14-12-16-22(29-32(24(16)28-13-14)19-8-4-5-11-36-19)23(33)20-17(26)9-10-18(21(20)27)31-37(34,35)30-15-6-2-1-3-7-15/h1-3,6-7,9-10,12-13,19,30-31H,4-5,8,11H2. The molecular weight excluding hydrogens is 572 g/mol. The molecule has 0 radical (unpaired) electrons. The van der Waals surface area contributed by atoms with Gasteiger partial charge in [0.2, 0.25) is 5.78 Å². The molecule has 1 aliphatic heterocycles. The summed E-state index contributed by atoms with van der Waals surface area (Å²) in [4.78, 5) is 17.8. The second-order valence-corrected chi connectivity index (χ2v) is 10.7. The van der Waals surface area contributed by atoms with Gasteiger partial charge in [0.15, 0.2) is 17.7 Å². The van der Waals surface area contributed by atoms with Crippen LogP contribution in [0.1, 0.15) is 41.5 Å². The molecule has 1 aliphatic rings. The number of pyridine rings is 1. The number of carbonyl (C=O) groups is 1. The van der Waals surface area contributed by atoms with Crippen LogP contribution in [0.2, 0.25) is 0 Å². The molecule has 2 aromatic carbocycles. The molecule has 0 bridgehead atoms. The summed E-state index contributed by atoms with van der Waals surface area (Å²) in [5, 5.41) is 4.61. The lowest BCUT2D eigenvalue weighted by molar-refractivity contribution is -0.0371. The van der Waals surface area contributed by atoms with Crippen LogP contribution in [0.25, 0.3) is 11.0 Å². The lowest BCUT2D eigenvalue weighted by atomic mass is 10.0. The number of ketones is 1. The number of ether oxygens (including phenoxy) is 1. The molecule has 0 amide bonds. The molecule has 37 heavy (non-hydrogen) atoms. The fraction of sp³-hybridized carbons (Fsp3) is 0.208. The zero-order valence-electron chi connectivity index (χ0n) is 19.1. The van der Waals surface area contributed by atoms with E-state index in [1.807, 2.05) is 4.72 Å². The van der Waals surface area contributed by atoms with Gasteiger partial charge < -0.3 is 4.74 Å². The van der Waals surface area contributed by atoms with Crippen molar-refractivity contribution in [3.05, 3.63) is 82.1 Å². The van der Waals surface area contributed by atoms with Gasteiger partial charge in [-0.1, -0.05) is 18.2 Å². The highest BCUT2D eigenvalue weighted by Crippen LogP contribution is 2.31. The fourth-order valence-electron chi connectivity index (χ4n) is 4.07. The molecule has 0 saturated carbocycles. The summed E-state index contributed by atoms with van der Waals surface area (Å²) in [7, 11) is -4.31.